The van der Waals surface area contributed by atoms with E-state index in [1.54, 1.807) is 34.8 Å². The molecule has 0 unspecified atom stereocenters. The van der Waals surface area contributed by atoms with Crippen LogP contribution in [0.5, 0.6) is 0 Å². The lowest BCUT2D eigenvalue weighted by molar-refractivity contribution is 0.0951. The molecule has 2 aromatic carbocycles. The Morgan fingerprint density at radius 3 is 2.54 bits per heavy atom. The highest BCUT2D eigenvalue weighted by molar-refractivity contribution is 7.98. The topological polar surface area (TPSA) is 46.9 Å². The highest BCUT2D eigenvalue weighted by Gasteiger charge is 2.09. The average molecular weight is 341 g/mol. The highest BCUT2D eigenvalue weighted by atomic mass is 32.2. The van der Waals surface area contributed by atoms with Crippen molar-refractivity contribution in [1.82, 2.24) is 15.1 Å². The van der Waals surface area contributed by atoms with Crippen LogP contribution in [0.1, 0.15) is 15.9 Å². The largest absolute Gasteiger partial charge is 0.348 e. The van der Waals surface area contributed by atoms with Crippen molar-refractivity contribution in [2.45, 2.75) is 11.4 Å². The fourth-order valence-corrected chi connectivity index (χ4v) is 2.61. The predicted octanol–water partition coefficient (Wildman–Crippen LogP) is 3.66. The van der Waals surface area contributed by atoms with Gasteiger partial charge in [0.05, 0.1) is 17.4 Å². The molecule has 1 aromatic heterocycles. The summed E-state index contributed by atoms with van der Waals surface area (Å²) in [6.45, 7) is 0.454. The van der Waals surface area contributed by atoms with Gasteiger partial charge in [-0.05, 0) is 48.2 Å². The monoisotopic (exact) mass is 341 g/mol. The van der Waals surface area contributed by atoms with Crippen molar-refractivity contribution in [3.8, 4) is 5.69 Å². The molecule has 4 nitrogen and oxygen atoms in total. The fourth-order valence-electron chi connectivity index (χ4n) is 2.20. The highest BCUT2D eigenvalue weighted by Crippen LogP contribution is 2.15. The van der Waals surface area contributed by atoms with Crippen LogP contribution in [-0.4, -0.2) is 21.9 Å². The van der Waals surface area contributed by atoms with E-state index in [4.69, 9.17) is 0 Å². The molecule has 1 amide bonds. The Morgan fingerprint density at radius 1 is 1.17 bits per heavy atom. The first kappa shape index (κ1) is 16.3. The summed E-state index contributed by atoms with van der Waals surface area (Å²) in [4.78, 5) is 13.4. The number of carbonyl (C=O) groups excluding carboxylic acids is 1. The molecular formula is C18H16FN3OS. The molecular weight excluding hydrogens is 325 g/mol. The summed E-state index contributed by atoms with van der Waals surface area (Å²) in [7, 11) is 0. The van der Waals surface area contributed by atoms with Gasteiger partial charge in [0.2, 0.25) is 0 Å². The number of benzene rings is 2. The van der Waals surface area contributed by atoms with Crippen LogP contribution in [0.4, 0.5) is 4.39 Å². The molecule has 1 N–H and O–H groups in total. The van der Waals surface area contributed by atoms with Crippen molar-refractivity contribution in [3.63, 3.8) is 0 Å². The minimum atomic E-state index is -0.309. The number of nitrogens with zero attached hydrogens (tertiary/aromatic N) is 2. The summed E-state index contributed by atoms with van der Waals surface area (Å²) in [6, 6.07) is 14.0. The first-order valence-electron chi connectivity index (χ1n) is 7.37. The van der Waals surface area contributed by atoms with Crippen molar-refractivity contribution < 1.29 is 9.18 Å². The Kier molecular flexibility index (Phi) is 4.96. The fraction of sp³-hybridized carbons (Fsp3) is 0.111. The molecule has 0 aliphatic carbocycles. The number of carbonyl (C=O) groups is 1. The third kappa shape index (κ3) is 3.83. The van der Waals surface area contributed by atoms with E-state index >= 15 is 0 Å². The van der Waals surface area contributed by atoms with E-state index in [9.17, 15) is 9.18 Å². The van der Waals surface area contributed by atoms with Gasteiger partial charge in [-0.3, -0.25) is 4.79 Å². The van der Waals surface area contributed by atoms with Crippen LogP contribution in [0.25, 0.3) is 5.69 Å². The molecule has 122 valence electrons. The van der Waals surface area contributed by atoms with E-state index in [0.29, 0.717) is 17.8 Å². The maximum absolute atomic E-state index is 12.9. The molecule has 0 aliphatic heterocycles. The predicted molar refractivity (Wildman–Crippen MR) is 92.9 cm³/mol. The van der Waals surface area contributed by atoms with Crippen molar-refractivity contribution in [2.75, 3.05) is 6.26 Å². The molecule has 0 radical (unpaired) electrons. The molecule has 1 heterocycles. The zero-order chi connectivity index (χ0) is 16.9. The lowest BCUT2D eigenvalue weighted by Gasteiger charge is -2.05. The first-order chi connectivity index (χ1) is 11.7. The van der Waals surface area contributed by atoms with Gasteiger partial charge in [-0.2, -0.15) is 5.10 Å². The van der Waals surface area contributed by atoms with Crippen LogP contribution >= 0.6 is 11.8 Å². The normalized spacial score (nSPS) is 10.6. The third-order valence-corrected chi connectivity index (χ3v) is 4.29. The Bertz CT molecular complexity index is 828. The molecule has 0 atom stereocenters. The number of halogens is 1. The zero-order valence-electron chi connectivity index (χ0n) is 13.1. The van der Waals surface area contributed by atoms with Gasteiger partial charge in [0.15, 0.2) is 0 Å². The van der Waals surface area contributed by atoms with E-state index in [1.165, 1.54) is 23.2 Å². The summed E-state index contributed by atoms with van der Waals surface area (Å²) in [6.07, 6.45) is 5.14. The Balaban J connectivity index is 1.64. The van der Waals surface area contributed by atoms with E-state index in [1.807, 2.05) is 30.5 Å². The molecule has 0 aliphatic rings. The van der Waals surface area contributed by atoms with Gasteiger partial charge in [0, 0.05) is 17.6 Å². The standard InChI is InChI=1S/C18H16FN3OS/c1-24-17-8-2-13(3-9-17)10-20-18(23)14-11-21-22(12-14)16-6-4-15(19)5-7-16/h2-9,11-12H,10H2,1H3,(H,20,23). The second-order valence-electron chi connectivity index (χ2n) is 5.18. The van der Waals surface area contributed by atoms with Gasteiger partial charge in [-0.1, -0.05) is 12.1 Å². The van der Waals surface area contributed by atoms with E-state index in [0.717, 1.165) is 5.56 Å². The van der Waals surface area contributed by atoms with Crippen LogP contribution < -0.4 is 5.32 Å². The molecule has 6 heteroatoms. The summed E-state index contributed by atoms with van der Waals surface area (Å²) >= 11 is 1.68. The van der Waals surface area contributed by atoms with Gasteiger partial charge in [-0.15, -0.1) is 11.8 Å². The van der Waals surface area contributed by atoms with Crippen molar-refractivity contribution in [3.05, 3.63) is 77.9 Å². The van der Waals surface area contributed by atoms with Gasteiger partial charge < -0.3 is 5.32 Å². The summed E-state index contributed by atoms with van der Waals surface area (Å²) < 4.78 is 14.5. The van der Waals surface area contributed by atoms with Crippen LogP contribution in [0.3, 0.4) is 0 Å². The molecule has 0 fully saturated rings. The van der Waals surface area contributed by atoms with Crippen molar-refractivity contribution in [1.29, 1.82) is 0 Å². The van der Waals surface area contributed by atoms with Crippen molar-refractivity contribution in [2.24, 2.45) is 0 Å². The van der Waals surface area contributed by atoms with Crippen LogP contribution in [0, 0.1) is 5.82 Å². The summed E-state index contributed by atoms with van der Waals surface area (Å²) in [5.41, 5.74) is 2.19. The van der Waals surface area contributed by atoms with Gasteiger partial charge in [-0.25, -0.2) is 9.07 Å². The third-order valence-electron chi connectivity index (χ3n) is 3.55. The maximum Gasteiger partial charge on any atom is 0.254 e. The van der Waals surface area contributed by atoms with E-state index in [-0.39, 0.29) is 11.7 Å². The molecule has 0 saturated heterocycles. The Labute approximate surface area is 143 Å². The van der Waals surface area contributed by atoms with Gasteiger partial charge in [0.25, 0.3) is 5.91 Å². The average Bonchev–Trinajstić information content (AvgIpc) is 3.11. The number of thioether (sulfide) groups is 1. The molecule has 0 saturated carbocycles. The van der Waals surface area contributed by atoms with Gasteiger partial charge in [0.1, 0.15) is 5.82 Å². The smallest absolute Gasteiger partial charge is 0.254 e. The maximum atomic E-state index is 12.9. The summed E-state index contributed by atoms with van der Waals surface area (Å²) in [5.74, 6) is -0.506. The number of aromatic nitrogens is 2. The molecule has 0 bridgehead atoms. The molecule has 0 spiro atoms. The number of nitrogens with one attached hydrogen (secondary N) is 1. The summed E-state index contributed by atoms with van der Waals surface area (Å²) in [5, 5.41) is 7.01. The zero-order valence-corrected chi connectivity index (χ0v) is 13.9. The van der Waals surface area contributed by atoms with Crippen molar-refractivity contribution >= 4 is 17.7 Å². The first-order valence-corrected chi connectivity index (χ1v) is 8.60. The quantitative estimate of drug-likeness (QED) is 0.721. The molecule has 24 heavy (non-hydrogen) atoms. The van der Waals surface area contributed by atoms with Crippen LogP contribution in [-0.2, 0) is 6.54 Å². The molecule has 3 aromatic rings. The number of hydrogen-bond donors (Lipinski definition) is 1. The van der Waals surface area contributed by atoms with E-state index in [2.05, 4.69) is 10.4 Å². The van der Waals surface area contributed by atoms with Crippen LogP contribution in [0.2, 0.25) is 0 Å². The Morgan fingerprint density at radius 2 is 1.88 bits per heavy atom. The minimum absolute atomic E-state index is 0.197. The lowest BCUT2D eigenvalue weighted by atomic mass is 10.2. The lowest BCUT2D eigenvalue weighted by Crippen LogP contribution is -2.22. The number of amides is 1. The Hall–Kier alpha value is -2.60. The second-order valence-corrected chi connectivity index (χ2v) is 6.06. The minimum Gasteiger partial charge on any atom is -0.348 e. The second kappa shape index (κ2) is 7.31. The van der Waals surface area contributed by atoms with Gasteiger partial charge >= 0.3 is 0 Å². The SMILES string of the molecule is CSc1ccc(CNC(=O)c2cnn(-c3ccc(F)cc3)c2)cc1. The number of hydrogen-bond acceptors (Lipinski definition) is 3. The molecule has 3 rings (SSSR count). The van der Waals surface area contributed by atoms with Crippen LogP contribution in [0.15, 0.2) is 65.8 Å². The van der Waals surface area contributed by atoms with E-state index < -0.39 is 0 Å². The number of rotatable bonds is 5.